The molecule has 7 aromatic rings. The average Bonchev–Trinajstić information content (AvgIpc) is 0.779. The van der Waals surface area contributed by atoms with Gasteiger partial charge in [-0.3, -0.25) is 28.8 Å². The van der Waals surface area contributed by atoms with E-state index in [1.165, 1.54) is 54.6 Å². The summed E-state index contributed by atoms with van der Waals surface area (Å²) in [5.74, 6) is -14.8. The van der Waals surface area contributed by atoms with Crippen LogP contribution in [-0.2, 0) is 46.5 Å². The number of nitrogens with two attached hydrogens (primary N) is 1. The first-order valence-electron chi connectivity index (χ1n) is 28.7. The number of aliphatic hydroxyl groups is 1. The minimum absolute atomic E-state index is 0.118. The third-order valence-electron chi connectivity index (χ3n) is 16.0. The zero-order chi connectivity index (χ0) is 66.4. The summed E-state index contributed by atoms with van der Waals surface area (Å²) < 4.78 is 18.5. The topological polar surface area (TPSA) is 422 Å². The third-order valence-corrected chi connectivity index (χ3v) is 16.6. The van der Waals surface area contributed by atoms with Gasteiger partial charge in [-0.25, -0.2) is 4.79 Å². The van der Waals surface area contributed by atoms with Gasteiger partial charge < -0.3 is 103 Å². The highest BCUT2D eigenvalue weighted by Gasteiger charge is 2.42. The van der Waals surface area contributed by atoms with Crippen LogP contribution in [0.15, 0.2) is 109 Å². The number of hydrogen-bond donors (Lipinski definition) is 16. The van der Waals surface area contributed by atoms with E-state index in [9.17, 15) is 60.0 Å². The molecular weight excluding hydrogens is 1250 g/mol. The predicted molar refractivity (Wildman–Crippen MR) is 330 cm³/mol. The highest BCUT2D eigenvalue weighted by atomic mass is 35.5. The number of aliphatic hydroxyl groups excluding tert-OH is 1. The molecule has 482 valence electrons. The Morgan fingerprint density at radius 1 is 0.581 bits per heavy atom. The fourth-order valence-corrected chi connectivity index (χ4v) is 11.7. The number of rotatable bonds is 7. The molecule has 6 aliphatic rings. The molecule has 7 aromatic carbocycles. The van der Waals surface area contributed by atoms with Crippen LogP contribution in [0.2, 0.25) is 10.0 Å². The molecule has 17 N–H and O–H groups in total. The van der Waals surface area contributed by atoms with Crippen LogP contribution in [0.5, 0.6) is 69.0 Å². The van der Waals surface area contributed by atoms with E-state index in [1.807, 2.05) is 19.0 Å². The molecule has 0 saturated heterocycles. The van der Waals surface area contributed by atoms with Crippen molar-refractivity contribution in [1.29, 1.82) is 0 Å². The van der Waals surface area contributed by atoms with Crippen molar-refractivity contribution in [3.8, 4) is 80.1 Å². The van der Waals surface area contributed by atoms with Crippen LogP contribution in [0.1, 0.15) is 87.2 Å². The number of phenolic OH excluding ortho intramolecular Hbond substituents is 6. The number of ether oxygens (including phenoxy) is 3. The minimum atomic E-state index is -2.21. The van der Waals surface area contributed by atoms with Crippen LogP contribution in [0.3, 0.4) is 0 Å². The lowest BCUT2D eigenvalue weighted by molar-refractivity contribution is -0.143. The summed E-state index contributed by atoms with van der Waals surface area (Å²) in [4.78, 5) is 106. The summed E-state index contributed by atoms with van der Waals surface area (Å²) in [7, 11) is 3.73. The van der Waals surface area contributed by atoms with Gasteiger partial charge in [-0.2, -0.15) is 0 Å². The fourth-order valence-electron chi connectivity index (χ4n) is 11.2. The van der Waals surface area contributed by atoms with E-state index in [0.29, 0.717) is 25.1 Å². The van der Waals surface area contributed by atoms with Crippen molar-refractivity contribution < 1.29 is 88.6 Å². The SMILES string of the molecule is CN(C)CCCNCc1c(O)cc2c(c1O)-c1cc(ccc1O)[C@@H]1NC(=O)[C@H]3NC(=O)[C@H]4NC(=O)[C@H](Cc5ccc(c(Cl)c5)Oc5cc3cc(c5O)Oc3ccc(cc3Cl)C(O)[C@H](NC1=O)C(=O)N[C@@H]2C(=O)O)NC(=O)[C@H](N)c1ccc(O)c(c1)Oc1cc(O)cc4c1. The Hall–Kier alpha value is -10.6. The monoisotopic (exact) mass is 1310 g/mol. The largest absolute Gasteiger partial charge is 0.508 e. The van der Waals surface area contributed by atoms with Gasteiger partial charge in [0.15, 0.2) is 29.0 Å². The van der Waals surface area contributed by atoms with Crippen molar-refractivity contribution in [1.82, 2.24) is 42.1 Å². The second-order valence-electron chi connectivity index (χ2n) is 22.7. The predicted octanol–water partition coefficient (Wildman–Crippen LogP) is 5.03. The number of carbonyl (C=O) groups excluding carboxylic acids is 6. The zero-order valence-corrected chi connectivity index (χ0v) is 50.5. The quantitative estimate of drug-likeness (QED) is 0.0931. The van der Waals surface area contributed by atoms with E-state index in [1.54, 1.807) is 0 Å². The van der Waals surface area contributed by atoms with Crippen LogP contribution in [0.4, 0.5) is 0 Å². The Morgan fingerprint density at radius 2 is 1.18 bits per heavy atom. The standard InChI is InChI=1S/C64H59Cl2N9O18/c1-75(2)13-3-12-68-25-36-42(79)24-35-48(56(36)81)34-18-28(6-8-40(34)77)50-60(85)74-54(63(88)73-53(35)64(89)90)55(80)29-7-11-44(38(66)19-29)93-47-22-31-21-46(57(47)82)92-43-10-4-26(14-37(43)65)15-39-58(83)70-51(61(86)72-52(31)62(87)71-50)30-16-32(76)23-33(17-30)91-45-20-27(5-9-41(45)78)49(67)59(84)69-39/h4-11,14,16-24,39,49-55,68,76-82H,3,12-13,15,25,67H2,1-2H3,(H,69,84)(H,70,83)(H,71,87)(H,72,86)(H,73,88)(H,74,85)(H,89,90)/t39-,49+,50-,51-,52-,53-,54-,55?/m0/s1. The molecule has 27 nitrogen and oxygen atoms in total. The number of carbonyl (C=O) groups is 7. The molecular formula is C64H59Cl2N9O18. The number of carboxylic acid groups (broad SMARTS) is 1. The molecule has 0 saturated carbocycles. The van der Waals surface area contributed by atoms with E-state index in [-0.39, 0.29) is 79.4 Å². The molecule has 0 aromatic heterocycles. The molecule has 0 aliphatic carbocycles. The molecule has 17 bridgehead atoms. The van der Waals surface area contributed by atoms with Gasteiger partial charge in [0.05, 0.1) is 15.6 Å². The molecule has 13 rings (SSSR count). The van der Waals surface area contributed by atoms with E-state index in [4.69, 9.17) is 43.1 Å². The van der Waals surface area contributed by atoms with Crippen LogP contribution in [-0.4, -0.2) is 126 Å². The number of nitrogens with one attached hydrogen (secondary N) is 7. The van der Waals surface area contributed by atoms with Crippen molar-refractivity contribution in [3.63, 3.8) is 0 Å². The summed E-state index contributed by atoms with van der Waals surface area (Å²) in [5, 5.41) is 111. The number of fused-ring (bicyclic) bond motifs is 14. The number of phenols is 6. The van der Waals surface area contributed by atoms with Gasteiger partial charge in [-0.15, -0.1) is 0 Å². The second-order valence-corrected chi connectivity index (χ2v) is 23.5. The van der Waals surface area contributed by atoms with Gasteiger partial charge in [0, 0.05) is 35.7 Å². The van der Waals surface area contributed by atoms with Gasteiger partial charge in [0.25, 0.3) is 0 Å². The lowest BCUT2D eigenvalue weighted by atomic mass is 9.88. The van der Waals surface area contributed by atoms with Crippen molar-refractivity contribution >= 4 is 64.6 Å². The number of nitrogens with zero attached hydrogens (tertiary/aromatic N) is 1. The van der Waals surface area contributed by atoms with Crippen LogP contribution >= 0.6 is 23.2 Å². The number of halogens is 2. The van der Waals surface area contributed by atoms with E-state index >= 15 is 14.4 Å². The molecule has 29 heteroatoms. The number of aromatic hydroxyl groups is 6. The molecule has 0 spiro atoms. The first kappa shape index (κ1) is 64.0. The number of aliphatic carboxylic acids is 1. The molecule has 0 fully saturated rings. The molecule has 1 unspecified atom stereocenters. The van der Waals surface area contributed by atoms with Crippen molar-refractivity contribution in [2.45, 2.75) is 67.8 Å². The average molecular weight is 1310 g/mol. The van der Waals surface area contributed by atoms with Crippen molar-refractivity contribution in [2.75, 3.05) is 27.2 Å². The first-order chi connectivity index (χ1) is 44.3. The molecule has 93 heavy (non-hydrogen) atoms. The van der Waals surface area contributed by atoms with Gasteiger partial charge in [-0.1, -0.05) is 47.5 Å². The van der Waals surface area contributed by atoms with Crippen LogP contribution in [0, 0.1) is 0 Å². The Balaban J connectivity index is 1.13. The normalized spacial score (nSPS) is 21.2. The second kappa shape index (κ2) is 26.0. The number of hydrogen-bond acceptors (Lipinski definition) is 20. The summed E-state index contributed by atoms with van der Waals surface area (Å²) in [6, 6.07) is 7.47. The van der Waals surface area contributed by atoms with E-state index < -0.39 is 152 Å². The van der Waals surface area contributed by atoms with Gasteiger partial charge in [0.2, 0.25) is 41.2 Å². The highest BCUT2D eigenvalue weighted by Crippen LogP contribution is 2.49. The Labute approximate surface area is 537 Å². The van der Waals surface area contributed by atoms with Crippen molar-refractivity contribution in [3.05, 3.63) is 164 Å². The lowest BCUT2D eigenvalue weighted by Crippen LogP contribution is -2.55. The molecule has 8 atom stereocenters. The third kappa shape index (κ3) is 13.2. The summed E-state index contributed by atoms with van der Waals surface area (Å²) >= 11 is 13.8. The van der Waals surface area contributed by atoms with Crippen LogP contribution < -0.4 is 57.2 Å². The Bertz CT molecular complexity index is 4250. The van der Waals surface area contributed by atoms with Crippen LogP contribution in [0.25, 0.3) is 11.1 Å². The van der Waals surface area contributed by atoms with Gasteiger partial charge in [0.1, 0.15) is 82.6 Å². The highest BCUT2D eigenvalue weighted by molar-refractivity contribution is 6.32. The summed E-state index contributed by atoms with van der Waals surface area (Å²) in [6.07, 6.45) is -1.88. The maximum Gasteiger partial charge on any atom is 0.330 e. The maximum atomic E-state index is 15.9. The first-order valence-corrected chi connectivity index (χ1v) is 29.5. The molecule has 6 amide bonds. The van der Waals surface area contributed by atoms with E-state index in [0.717, 1.165) is 54.6 Å². The fraction of sp³-hybridized carbons (Fsp3) is 0.234. The Kier molecular flexibility index (Phi) is 17.9. The smallest absolute Gasteiger partial charge is 0.330 e. The van der Waals surface area contributed by atoms with Gasteiger partial charge >= 0.3 is 5.97 Å². The van der Waals surface area contributed by atoms with E-state index in [2.05, 4.69) is 37.2 Å². The van der Waals surface area contributed by atoms with Crippen molar-refractivity contribution in [2.24, 2.45) is 5.73 Å². The number of amides is 6. The lowest BCUT2D eigenvalue weighted by Gasteiger charge is -2.31. The van der Waals surface area contributed by atoms with Gasteiger partial charge in [-0.05, 0) is 146 Å². The number of benzene rings is 7. The summed E-state index contributed by atoms with van der Waals surface area (Å²) in [5.41, 5.74) is 4.27. The zero-order valence-electron chi connectivity index (χ0n) is 49.0. The minimum Gasteiger partial charge on any atom is -0.508 e. The Morgan fingerprint density at radius 3 is 1.85 bits per heavy atom. The molecule has 6 heterocycles. The maximum absolute atomic E-state index is 15.9. The molecule has 6 aliphatic heterocycles. The molecule has 0 radical (unpaired) electrons. The summed E-state index contributed by atoms with van der Waals surface area (Å²) in [6.45, 7) is 0.798. The number of carboxylic acids is 1.